The van der Waals surface area contributed by atoms with Crippen LogP contribution >= 0.6 is 11.8 Å². The number of hydrogen-bond acceptors (Lipinski definition) is 4. The standard InChI is InChI=1S/C4H8N2O2S/c5-4(7)3-9-2-1-6-8/h1-3H2,(H2,5,7). The summed E-state index contributed by atoms with van der Waals surface area (Å²) < 4.78 is 0. The van der Waals surface area contributed by atoms with E-state index in [4.69, 9.17) is 5.73 Å². The van der Waals surface area contributed by atoms with E-state index in [1.54, 1.807) is 0 Å². The number of carbonyl (C=O) groups is 1. The van der Waals surface area contributed by atoms with Gasteiger partial charge in [0.2, 0.25) is 5.91 Å². The molecule has 0 heterocycles. The van der Waals surface area contributed by atoms with Gasteiger partial charge in [-0.3, -0.25) is 4.79 Å². The molecular formula is C4H8N2O2S. The van der Waals surface area contributed by atoms with Gasteiger partial charge >= 0.3 is 0 Å². The average molecular weight is 148 g/mol. The maximum atomic E-state index is 10.1. The molecule has 0 radical (unpaired) electrons. The minimum atomic E-state index is -0.356. The van der Waals surface area contributed by atoms with Gasteiger partial charge in [0.15, 0.2) is 0 Å². The lowest BCUT2D eigenvalue weighted by atomic mass is 10.8. The van der Waals surface area contributed by atoms with Gasteiger partial charge in [-0.05, 0) is 0 Å². The largest absolute Gasteiger partial charge is 0.369 e. The molecule has 52 valence electrons. The van der Waals surface area contributed by atoms with Gasteiger partial charge in [-0.1, -0.05) is 5.18 Å². The number of nitroso groups, excluding NO2 is 1. The van der Waals surface area contributed by atoms with E-state index in [0.717, 1.165) is 0 Å². The fourth-order valence-electron chi connectivity index (χ4n) is 0.275. The first-order chi connectivity index (χ1) is 4.27. The van der Waals surface area contributed by atoms with E-state index >= 15 is 0 Å². The predicted molar refractivity (Wildman–Crippen MR) is 37.2 cm³/mol. The van der Waals surface area contributed by atoms with Crippen LogP contribution in [-0.2, 0) is 4.79 Å². The second-order valence-corrected chi connectivity index (χ2v) is 2.48. The lowest BCUT2D eigenvalue weighted by Crippen LogP contribution is -2.13. The zero-order chi connectivity index (χ0) is 7.11. The molecule has 1 amide bonds. The van der Waals surface area contributed by atoms with Gasteiger partial charge in [0.05, 0.1) is 12.3 Å². The minimum absolute atomic E-state index is 0.248. The smallest absolute Gasteiger partial charge is 0.227 e. The molecule has 0 saturated carbocycles. The van der Waals surface area contributed by atoms with Crippen molar-refractivity contribution < 1.29 is 4.79 Å². The first-order valence-electron chi connectivity index (χ1n) is 2.42. The Balaban J connectivity index is 2.91. The summed E-state index contributed by atoms with van der Waals surface area (Å²) in [5.41, 5.74) is 4.81. The summed E-state index contributed by atoms with van der Waals surface area (Å²) in [7, 11) is 0. The third-order valence-electron chi connectivity index (χ3n) is 0.571. The molecule has 0 unspecified atom stereocenters. The quantitative estimate of drug-likeness (QED) is 0.439. The summed E-state index contributed by atoms with van der Waals surface area (Å²) in [6.07, 6.45) is 0. The SMILES string of the molecule is NC(=O)CSCCN=O. The fraction of sp³-hybridized carbons (Fsp3) is 0.750. The van der Waals surface area contributed by atoms with E-state index in [1.807, 2.05) is 0 Å². The number of hydrogen-bond donors (Lipinski definition) is 1. The lowest BCUT2D eigenvalue weighted by molar-refractivity contribution is -0.115. The zero-order valence-corrected chi connectivity index (χ0v) is 5.69. The van der Waals surface area contributed by atoms with Crippen molar-refractivity contribution in [2.75, 3.05) is 18.1 Å². The van der Waals surface area contributed by atoms with Crippen LogP contribution in [0.3, 0.4) is 0 Å². The molecule has 0 aliphatic carbocycles. The summed E-state index contributed by atoms with van der Waals surface area (Å²) in [5.74, 6) is 0.494. The summed E-state index contributed by atoms with van der Waals surface area (Å²) in [6.45, 7) is 0.248. The van der Waals surface area contributed by atoms with Gasteiger partial charge < -0.3 is 5.73 Å². The van der Waals surface area contributed by atoms with E-state index in [1.165, 1.54) is 11.8 Å². The van der Waals surface area contributed by atoms with E-state index in [0.29, 0.717) is 5.75 Å². The molecule has 2 N–H and O–H groups in total. The van der Waals surface area contributed by atoms with E-state index in [-0.39, 0.29) is 18.2 Å². The highest BCUT2D eigenvalue weighted by Crippen LogP contribution is 1.96. The Labute approximate surface area is 57.2 Å². The van der Waals surface area contributed by atoms with Crippen LogP contribution in [0.5, 0.6) is 0 Å². The monoisotopic (exact) mass is 148 g/mol. The van der Waals surface area contributed by atoms with Crippen LogP contribution in [0.1, 0.15) is 0 Å². The zero-order valence-electron chi connectivity index (χ0n) is 4.87. The lowest BCUT2D eigenvalue weighted by Gasteiger charge is -1.90. The normalized spacial score (nSPS) is 8.89. The van der Waals surface area contributed by atoms with Gasteiger partial charge in [-0.2, -0.15) is 4.91 Å². The molecule has 0 aromatic carbocycles. The molecule has 0 fully saturated rings. The highest BCUT2D eigenvalue weighted by molar-refractivity contribution is 7.99. The molecule has 0 atom stereocenters. The minimum Gasteiger partial charge on any atom is -0.369 e. The molecule has 0 aliphatic heterocycles. The van der Waals surface area contributed by atoms with Gasteiger partial charge in [-0.15, -0.1) is 11.8 Å². The summed E-state index contributed by atoms with van der Waals surface area (Å²) in [4.78, 5) is 19.5. The highest BCUT2D eigenvalue weighted by Gasteiger charge is 1.92. The molecule has 4 nitrogen and oxygen atoms in total. The maximum absolute atomic E-state index is 10.1. The van der Waals surface area contributed by atoms with Crippen LogP contribution in [0.4, 0.5) is 0 Å². The Morgan fingerprint density at radius 2 is 2.33 bits per heavy atom. The molecule has 0 spiro atoms. The Hall–Kier alpha value is -0.580. The fourth-order valence-corrected chi connectivity index (χ4v) is 0.824. The molecule has 5 heteroatoms. The van der Waals surface area contributed by atoms with Crippen LogP contribution in [-0.4, -0.2) is 24.0 Å². The third kappa shape index (κ3) is 7.42. The molecule has 0 bridgehead atoms. The van der Waals surface area contributed by atoms with Crippen LogP contribution in [0.15, 0.2) is 5.18 Å². The molecule has 0 rings (SSSR count). The van der Waals surface area contributed by atoms with E-state index < -0.39 is 0 Å². The molecule has 0 saturated heterocycles. The van der Waals surface area contributed by atoms with E-state index in [2.05, 4.69) is 5.18 Å². The molecular weight excluding hydrogens is 140 g/mol. The highest BCUT2D eigenvalue weighted by atomic mass is 32.2. The summed E-state index contributed by atoms with van der Waals surface area (Å²) in [6, 6.07) is 0. The van der Waals surface area contributed by atoms with Crippen molar-refractivity contribution in [1.82, 2.24) is 0 Å². The summed E-state index contributed by atoms with van der Waals surface area (Å²) >= 11 is 1.32. The number of nitrogens with zero attached hydrogens (tertiary/aromatic N) is 1. The number of amides is 1. The molecule has 0 aromatic heterocycles. The Morgan fingerprint density at radius 3 is 2.78 bits per heavy atom. The van der Waals surface area contributed by atoms with Crippen molar-refractivity contribution >= 4 is 17.7 Å². The Kier molecular flexibility index (Phi) is 5.20. The summed E-state index contributed by atoms with van der Waals surface area (Å²) in [5, 5.41) is 2.61. The van der Waals surface area contributed by atoms with Gasteiger partial charge in [0.1, 0.15) is 0 Å². The van der Waals surface area contributed by atoms with Gasteiger partial charge in [0, 0.05) is 5.75 Å². The topological polar surface area (TPSA) is 72.5 Å². The second kappa shape index (κ2) is 5.55. The van der Waals surface area contributed by atoms with Gasteiger partial charge in [0.25, 0.3) is 0 Å². The first kappa shape index (κ1) is 8.42. The number of nitrogens with two attached hydrogens (primary N) is 1. The third-order valence-corrected chi connectivity index (χ3v) is 1.53. The van der Waals surface area contributed by atoms with Crippen molar-refractivity contribution in [2.24, 2.45) is 10.9 Å². The number of primary amides is 1. The average Bonchev–Trinajstić information content (AvgIpc) is 1.80. The van der Waals surface area contributed by atoms with Crippen molar-refractivity contribution in [3.8, 4) is 0 Å². The van der Waals surface area contributed by atoms with Crippen LogP contribution in [0.2, 0.25) is 0 Å². The van der Waals surface area contributed by atoms with Crippen LogP contribution in [0.25, 0.3) is 0 Å². The number of carbonyl (C=O) groups excluding carboxylic acids is 1. The second-order valence-electron chi connectivity index (χ2n) is 1.37. The first-order valence-corrected chi connectivity index (χ1v) is 3.58. The van der Waals surface area contributed by atoms with E-state index in [9.17, 15) is 9.70 Å². The van der Waals surface area contributed by atoms with Crippen molar-refractivity contribution in [2.45, 2.75) is 0 Å². The number of thioether (sulfide) groups is 1. The van der Waals surface area contributed by atoms with Crippen molar-refractivity contribution in [3.63, 3.8) is 0 Å². The maximum Gasteiger partial charge on any atom is 0.227 e. The van der Waals surface area contributed by atoms with Crippen molar-refractivity contribution in [1.29, 1.82) is 0 Å². The van der Waals surface area contributed by atoms with Crippen LogP contribution < -0.4 is 5.73 Å². The van der Waals surface area contributed by atoms with Crippen molar-refractivity contribution in [3.05, 3.63) is 4.91 Å². The molecule has 0 aliphatic rings. The number of rotatable bonds is 5. The Morgan fingerprint density at radius 1 is 1.67 bits per heavy atom. The Bertz CT molecular complexity index is 107. The predicted octanol–water partition coefficient (Wildman–Crippen LogP) is -0.0287. The van der Waals surface area contributed by atoms with Gasteiger partial charge in [-0.25, -0.2) is 0 Å². The molecule has 9 heavy (non-hydrogen) atoms. The molecule has 0 aromatic rings. The van der Waals surface area contributed by atoms with Crippen LogP contribution in [0, 0.1) is 4.91 Å².